The van der Waals surface area contributed by atoms with Crippen molar-refractivity contribution in [1.29, 1.82) is 0 Å². The molecule has 1 saturated heterocycles. The quantitative estimate of drug-likeness (QED) is 0.590. The molecular formula is C20H33Cl2FN2O4. The van der Waals surface area contributed by atoms with Gasteiger partial charge in [-0.2, -0.15) is 0 Å². The van der Waals surface area contributed by atoms with E-state index in [-0.39, 0.29) is 42.6 Å². The Morgan fingerprint density at radius 2 is 1.31 bits per heavy atom. The second-order valence-electron chi connectivity index (χ2n) is 6.31. The highest BCUT2D eigenvalue weighted by Crippen LogP contribution is 2.05. The van der Waals surface area contributed by atoms with Gasteiger partial charge in [0.25, 0.3) is 0 Å². The van der Waals surface area contributed by atoms with E-state index >= 15 is 0 Å². The SMILES string of the molecule is CC(=O)OCCN1CCN(CCOC(C)=O)CC1.CCc1ccccc1F.Cl.Cl. The molecule has 0 atom stereocenters. The third kappa shape index (κ3) is 14.3. The Kier molecular flexibility index (Phi) is 17.9. The van der Waals surface area contributed by atoms with Gasteiger partial charge in [0, 0.05) is 53.1 Å². The smallest absolute Gasteiger partial charge is 0.302 e. The number of halogens is 3. The molecule has 0 N–H and O–H groups in total. The molecule has 0 spiro atoms. The summed E-state index contributed by atoms with van der Waals surface area (Å²) in [7, 11) is 0. The van der Waals surface area contributed by atoms with Crippen LogP contribution < -0.4 is 0 Å². The molecule has 1 fully saturated rings. The van der Waals surface area contributed by atoms with Crippen LogP contribution in [0.25, 0.3) is 0 Å². The highest BCUT2D eigenvalue weighted by molar-refractivity contribution is 5.85. The van der Waals surface area contributed by atoms with Crippen molar-refractivity contribution in [3.05, 3.63) is 35.6 Å². The Balaban J connectivity index is 0. The van der Waals surface area contributed by atoms with E-state index in [1.165, 1.54) is 19.9 Å². The maximum Gasteiger partial charge on any atom is 0.302 e. The number of aryl methyl sites for hydroxylation is 1. The van der Waals surface area contributed by atoms with Gasteiger partial charge in [-0.05, 0) is 18.1 Å². The molecule has 0 bridgehead atoms. The number of ether oxygens (including phenoxy) is 2. The predicted octanol–water partition coefficient (Wildman–Crippen LogP) is 2.96. The lowest BCUT2D eigenvalue weighted by Gasteiger charge is -2.34. The molecule has 2 rings (SSSR count). The first-order valence-electron chi connectivity index (χ1n) is 9.37. The van der Waals surface area contributed by atoms with Crippen LogP contribution in [0.2, 0.25) is 0 Å². The molecular weight excluding hydrogens is 422 g/mol. The predicted molar refractivity (Wildman–Crippen MR) is 116 cm³/mol. The van der Waals surface area contributed by atoms with Crippen molar-refractivity contribution in [3.8, 4) is 0 Å². The third-order valence-electron chi connectivity index (χ3n) is 4.23. The molecule has 0 aliphatic carbocycles. The average Bonchev–Trinajstić information content (AvgIpc) is 2.63. The van der Waals surface area contributed by atoms with Gasteiger partial charge in [-0.15, -0.1) is 24.8 Å². The van der Waals surface area contributed by atoms with Gasteiger partial charge in [0.15, 0.2) is 0 Å². The molecule has 0 unspecified atom stereocenters. The minimum Gasteiger partial charge on any atom is -0.465 e. The van der Waals surface area contributed by atoms with Gasteiger partial charge in [0.1, 0.15) is 19.0 Å². The number of carbonyl (C=O) groups excluding carboxylic acids is 2. The summed E-state index contributed by atoms with van der Waals surface area (Å²) < 4.78 is 22.4. The molecule has 1 heterocycles. The summed E-state index contributed by atoms with van der Waals surface area (Å²) in [6.45, 7) is 11.1. The lowest BCUT2D eigenvalue weighted by atomic mass is 10.2. The van der Waals surface area contributed by atoms with E-state index in [0.717, 1.165) is 51.3 Å². The van der Waals surface area contributed by atoms with Crippen LogP contribution >= 0.6 is 24.8 Å². The fraction of sp³-hybridized carbons (Fsp3) is 0.600. The van der Waals surface area contributed by atoms with Crippen LogP contribution in [-0.2, 0) is 25.5 Å². The number of esters is 2. The number of hydrogen-bond donors (Lipinski definition) is 0. The van der Waals surface area contributed by atoms with Crippen molar-refractivity contribution in [2.45, 2.75) is 27.2 Å². The highest BCUT2D eigenvalue weighted by atomic mass is 35.5. The number of rotatable bonds is 7. The van der Waals surface area contributed by atoms with Gasteiger partial charge < -0.3 is 9.47 Å². The van der Waals surface area contributed by atoms with Crippen LogP contribution in [0.3, 0.4) is 0 Å². The van der Waals surface area contributed by atoms with E-state index < -0.39 is 0 Å². The van der Waals surface area contributed by atoms with E-state index in [1.807, 2.05) is 13.0 Å². The zero-order chi connectivity index (χ0) is 20.1. The molecule has 0 saturated carbocycles. The van der Waals surface area contributed by atoms with Crippen LogP contribution in [0.1, 0.15) is 26.3 Å². The number of nitrogens with zero attached hydrogens (tertiary/aromatic N) is 2. The number of carbonyl (C=O) groups is 2. The average molecular weight is 455 g/mol. The van der Waals surface area contributed by atoms with E-state index in [0.29, 0.717) is 13.2 Å². The van der Waals surface area contributed by atoms with Crippen molar-refractivity contribution < 1.29 is 23.5 Å². The summed E-state index contributed by atoms with van der Waals surface area (Å²) in [5, 5.41) is 0. The molecule has 1 aliphatic rings. The van der Waals surface area contributed by atoms with E-state index in [2.05, 4.69) is 9.80 Å². The lowest BCUT2D eigenvalue weighted by molar-refractivity contribution is -0.142. The van der Waals surface area contributed by atoms with Gasteiger partial charge in [0.05, 0.1) is 0 Å². The maximum atomic E-state index is 12.6. The minimum atomic E-state index is -0.227. The van der Waals surface area contributed by atoms with Crippen molar-refractivity contribution in [1.82, 2.24) is 9.80 Å². The zero-order valence-corrected chi connectivity index (χ0v) is 19.0. The fourth-order valence-electron chi connectivity index (χ4n) is 2.66. The number of hydrogen-bond acceptors (Lipinski definition) is 6. The molecule has 0 radical (unpaired) electrons. The summed E-state index contributed by atoms with van der Waals surface area (Å²) in [5.41, 5.74) is 0.789. The van der Waals surface area contributed by atoms with Gasteiger partial charge in [-0.3, -0.25) is 19.4 Å². The monoisotopic (exact) mass is 454 g/mol. The fourth-order valence-corrected chi connectivity index (χ4v) is 2.66. The van der Waals surface area contributed by atoms with Gasteiger partial charge in [0.2, 0.25) is 0 Å². The van der Waals surface area contributed by atoms with Crippen LogP contribution in [0, 0.1) is 5.82 Å². The minimum absolute atomic E-state index is 0. The van der Waals surface area contributed by atoms with Gasteiger partial charge >= 0.3 is 11.9 Å². The van der Waals surface area contributed by atoms with E-state index in [1.54, 1.807) is 12.1 Å². The second kappa shape index (κ2) is 17.4. The van der Waals surface area contributed by atoms with Crippen molar-refractivity contribution in [2.24, 2.45) is 0 Å². The normalized spacial score (nSPS) is 13.8. The molecule has 1 aliphatic heterocycles. The molecule has 6 nitrogen and oxygen atoms in total. The topological polar surface area (TPSA) is 59.1 Å². The van der Waals surface area contributed by atoms with E-state index in [9.17, 15) is 14.0 Å². The van der Waals surface area contributed by atoms with Crippen molar-refractivity contribution in [3.63, 3.8) is 0 Å². The first kappa shape index (κ1) is 29.8. The maximum absolute atomic E-state index is 12.6. The Bertz CT molecular complexity index is 557. The molecule has 168 valence electrons. The number of piperazine rings is 1. The van der Waals surface area contributed by atoms with Gasteiger partial charge in [-0.1, -0.05) is 25.1 Å². The summed E-state index contributed by atoms with van der Waals surface area (Å²) in [4.78, 5) is 25.8. The molecule has 1 aromatic rings. The van der Waals surface area contributed by atoms with Crippen LogP contribution in [-0.4, -0.2) is 74.2 Å². The number of benzene rings is 1. The van der Waals surface area contributed by atoms with Crippen LogP contribution in [0.4, 0.5) is 4.39 Å². The summed E-state index contributed by atoms with van der Waals surface area (Å²) >= 11 is 0. The Hall–Kier alpha value is -1.41. The van der Waals surface area contributed by atoms with E-state index in [4.69, 9.17) is 9.47 Å². The molecule has 1 aromatic carbocycles. The van der Waals surface area contributed by atoms with Crippen molar-refractivity contribution >= 4 is 36.8 Å². The van der Waals surface area contributed by atoms with Crippen LogP contribution in [0.5, 0.6) is 0 Å². The molecule has 0 amide bonds. The van der Waals surface area contributed by atoms with Crippen molar-refractivity contribution in [2.75, 3.05) is 52.5 Å². The van der Waals surface area contributed by atoms with Crippen LogP contribution in [0.15, 0.2) is 24.3 Å². The summed E-state index contributed by atoms with van der Waals surface area (Å²) in [6.07, 6.45) is 0.771. The lowest BCUT2D eigenvalue weighted by Crippen LogP contribution is -2.48. The Morgan fingerprint density at radius 3 is 1.62 bits per heavy atom. The second-order valence-corrected chi connectivity index (χ2v) is 6.31. The zero-order valence-electron chi connectivity index (χ0n) is 17.4. The Morgan fingerprint density at radius 1 is 0.897 bits per heavy atom. The Labute approximate surface area is 185 Å². The van der Waals surface area contributed by atoms with Gasteiger partial charge in [-0.25, -0.2) is 4.39 Å². The standard InChI is InChI=1S/C12H22N2O4.C8H9F.2ClH/c1-11(15)17-9-7-13-3-5-14(6-4-13)8-10-18-12(2)16;1-2-7-5-3-4-6-8(7)9;;/h3-10H2,1-2H3;3-6H,2H2,1H3;2*1H. The molecule has 0 aromatic heterocycles. The largest absolute Gasteiger partial charge is 0.465 e. The molecule has 9 heteroatoms. The first-order chi connectivity index (χ1) is 12.9. The molecule has 29 heavy (non-hydrogen) atoms. The first-order valence-corrected chi connectivity index (χ1v) is 9.37. The summed E-state index contributed by atoms with van der Waals surface area (Å²) in [6, 6.07) is 6.84. The highest BCUT2D eigenvalue weighted by Gasteiger charge is 2.16. The summed E-state index contributed by atoms with van der Waals surface area (Å²) in [5.74, 6) is -0.551. The third-order valence-corrected chi connectivity index (χ3v) is 4.23.